The van der Waals surface area contributed by atoms with Crippen molar-refractivity contribution in [1.29, 1.82) is 0 Å². The molecular weight excluding hydrogens is 246 g/mol. The Hall–Kier alpha value is -1.64. The lowest BCUT2D eigenvalue weighted by atomic mass is 9.89. The number of epoxide rings is 1. The largest absolute Gasteiger partial charge is 0.364 e. The smallest absolute Gasteiger partial charge is 0.120 e. The first-order chi connectivity index (χ1) is 9.78. The molecule has 1 atom stereocenters. The van der Waals surface area contributed by atoms with E-state index in [9.17, 15) is 0 Å². The van der Waals surface area contributed by atoms with Crippen LogP contribution in [0.3, 0.4) is 0 Å². The topological polar surface area (TPSA) is 15.8 Å². The molecule has 0 aromatic heterocycles. The zero-order valence-electron chi connectivity index (χ0n) is 11.7. The highest BCUT2D eigenvalue weighted by Gasteiger charge is 2.62. The van der Waals surface area contributed by atoms with Crippen LogP contribution in [-0.4, -0.2) is 29.7 Å². The number of hydrogen-bond donors (Lipinski definition) is 0. The van der Waals surface area contributed by atoms with Crippen LogP contribution >= 0.6 is 0 Å². The maximum atomic E-state index is 5.75. The van der Waals surface area contributed by atoms with Crippen LogP contribution in [0.1, 0.15) is 24.1 Å². The molecule has 2 aliphatic rings. The van der Waals surface area contributed by atoms with Gasteiger partial charge in [-0.05, 0) is 18.1 Å². The summed E-state index contributed by atoms with van der Waals surface area (Å²) in [4.78, 5) is 2.52. The minimum absolute atomic E-state index is 0.168. The molecule has 2 nitrogen and oxygen atoms in total. The molecule has 0 radical (unpaired) electrons. The Morgan fingerprint density at radius 3 is 1.80 bits per heavy atom. The molecule has 2 aromatic rings. The zero-order chi connectivity index (χ0) is 13.6. The number of rotatable bonds is 3. The minimum atomic E-state index is 0.168. The van der Waals surface area contributed by atoms with Crippen LogP contribution in [-0.2, 0) is 4.74 Å². The van der Waals surface area contributed by atoms with Gasteiger partial charge in [-0.3, -0.25) is 4.90 Å². The van der Waals surface area contributed by atoms with Crippen molar-refractivity contribution < 1.29 is 4.74 Å². The van der Waals surface area contributed by atoms with Crippen LogP contribution in [0.2, 0.25) is 0 Å². The van der Waals surface area contributed by atoms with Crippen molar-refractivity contribution in [3.05, 3.63) is 71.8 Å². The van der Waals surface area contributed by atoms with E-state index in [0.717, 1.165) is 13.1 Å². The van der Waals surface area contributed by atoms with Gasteiger partial charge < -0.3 is 4.74 Å². The Kier molecular flexibility index (Phi) is 2.69. The maximum absolute atomic E-state index is 5.75. The van der Waals surface area contributed by atoms with Gasteiger partial charge in [0, 0.05) is 13.1 Å². The highest BCUT2D eigenvalue weighted by Crippen LogP contribution is 2.48. The van der Waals surface area contributed by atoms with Crippen LogP contribution in [0.25, 0.3) is 0 Å². The number of likely N-dealkylation sites (tertiary alicyclic amines) is 1. The Labute approximate surface area is 120 Å². The predicted octanol–water partition coefficient (Wildman–Crippen LogP) is 3.25. The third-order valence-electron chi connectivity index (χ3n) is 4.63. The average Bonchev–Trinajstić information content (AvgIpc) is 3.13. The summed E-state index contributed by atoms with van der Waals surface area (Å²) in [6.45, 7) is 4.27. The molecule has 0 saturated carbocycles. The molecule has 2 fully saturated rings. The van der Waals surface area contributed by atoms with Crippen molar-refractivity contribution in [1.82, 2.24) is 4.90 Å². The van der Waals surface area contributed by atoms with Crippen molar-refractivity contribution in [2.45, 2.75) is 24.7 Å². The highest BCUT2D eigenvalue weighted by molar-refractivity contribution is 5.33. The molecule has 4 rings (SSSR count). The van der Waals surface area contributed by atoms with Gasteiger partial charge in [-0.1, -0.05) is 60.7 Å². The van der Waals surface area contributed by atoms with Crippen LogP contribution < -0.4 is 0 Å². The Bertz CT molecular complexity index is 550. The fraction of sp³-hybridized carbons (Fsp3) is 0.333. The van der Waals surface area contributed by atoms with E-state index in [4.69, 9.17) is 4.74 Å². The zero-order valence-corrected chi connectivity index (χ0v) is 11.7. The van der Waals surface area contributed by atoms with Gasteiger partial charge in [0.15, 0.2) is 0 Å². The molecule has 0 amide bonds. The fourth-order valence-corrected chi connectivity index (χ4v) is 3.36. The van der Waals surface area contributed by atoms with Crippen molar-refractivity contribution in [3.8, 4) is 0 Å². The van der Waals surface area contributed by atoms with Crippen LogP contribution in [0.15, 0.2) is 60.7 Å². The standard InChI is InChI=1S/C18H19NO/c1-14-18(20-14)12-19(13-18)17(15-8-4-2-5-9-15)16-10-6-3-7-11-16/h2-11,14,17H,12-13H2,1H3. The van der Waals surface area contributed by atoms with Gasteiger partial charge in [-0.15, -0.1) is 0 Å². The second-order valence-electron chi connectivity index (χ2n) is 5.95. The summed E-state index contributed by atoms with van der Waals surface area (Å²) in [5.74, 6) is 0. The molecule has 0 N–H and O–H groups in total. The molecule has 102 valence electrons. The lowest BCUT2D eigenvalue weighted by Gasteiger charge is -2.43. The van der Waals surface area contributed by atoms with E-state index < -0.39 is 0 Å². The number of nitrogens with zero attached hydrogens (tertiary/aromatic N) is 1. The molecule has 1 spiro atoms. The molecule has 1 unspecified atom stereocenters. The summed E-state index contributed by atoms with van der Waals surface area (Å²) in [5.41, 5.74) is 2.89. The summed E-state index contributed by atoms with van der Waals surface area (Å²) < 4.78 is 5.75. The summed E-state index contributed by atoms with van der Waals surface area (Å²) in [6, 6.07) is 21.9. The third kappa shape index (κ3) is 1.88. The monoisotopic (exact) mass is 265 g/mol. The molecule has 2 heteroatoms. The lowest BCUT2D eigenvalue weighted by molar-refractivity contribution is 0.0365. The second kappa shape index (κ2) is 4.44. The Balaban J connectivity index is 1.65. The van der Waals surface area contributed by atoms with Gasteiger partial charge in [-0.2, -0.15) is 0 Å². The lowest BCUT2D eigenvalue weighted by Crippen LogP contribution is -2.56. The van der Waals surface area contributed by atoms with E-state index in [2.05, 4.69) is 72.5 Å². The molecule has 0 aliphatic carbocycles. The maximum Gasteiger partial charge on any atom is 0.120 e. The van der Waals surface area contributed by atoms with Gasteiger partial charge in [-0.25, -0.2) is 0 Å². The summed E-state index contributed by atoms with van der Waals surface area (Å²) >= 11 is 0. The van der Waals surface area contributed by atoms with E-state index >= 15 is 0 Å². The summed E-state index contributed by atoms with van der Waals surface area (Å²) in [5, 5.41) is 0. The third-order valence-corrected chi connectivity index (χ3v) is 4.63. The van der Waals surface area contributed by atoms with Crippen LogP contribution in [0, 0.1) is 0 Å². The minimum Gasteiger partial charge on any atom is -0.364 e. The number of benzene rings is 2. The fourth-order valence-electron chi connectivity index (χ4n) is 3.36. The summed E-state index contributed by atoms with van der Waals surface area (Å²) in [7, 11) is 0. The van der Waals surface area contributed by atoms with Crippen molar-refractivity contribution >= 4 is 0 Å². The number of hydrogen-bond acceptors (Lipinski definition) is 2. The van der Waals surface area contributed by atoms with E-state index in [1.165, 1.54) is 11.1 Å². The van der Waals surface area contributed by atoms with Gasteiger partial charge in [0.25, 0.3) is 0 Å². The molecule has 2 saturated heterocycles. The second-order valence-corrected chi connectivity index (χ2v) is 5.95. The van der Waals surface area contributed by atoms with Crippen LogP contribution in [0.4, 0.5) is 0 Å². The van der Waals surface area contributed by atoms with Gasteiger partial charge in [0.05, 0.1) is 12.1 Å². The molecule has 0 bridgehead atoms. The number of ether oxygens (including phenoxy) is 1. The quantitative estimate of drug-likeness (QED) is 0.792. The first kappa shape index (κ1) is 12.1. The highest BCUT2D eigenvalue weighted by atomic mass is 16.6. The Morgan fingerprint density at radius 2 is 1.40 bits per heavy atom. The SMILES string of the molecule is CC1OC12CN(C(c1ccccc1)c1ccccc1)C2. The van der Waals surface area contributed by atoms with Crippen molar-refractivity contribution in [2.24, 2.45) is 0 Å². The van der Waals surface area contributed by atoms with Crippen molar-refractivity contribution in [2.75, 3.05) is 13.1 Å². The van der Waals surface area contributed by atoms with E-state index in [1.54, 1.807) is 0 Å². The molecule has 2 aromatic carbocycles. The first-order valence-corrected chi connectivity index (χ1v) is 7.30. The van der Waals surface area contributed by atoms with E-state index in [0.29, 0.717) is 12.1 Å². The van der Waals surface area contributed by atoms with Gasteiger partial charge in [0.2, 0.25) is 0 Å². The normalized spacial score (nSPS) is 23.8. The molecule has 20 heavy (non-hydrogen) atoms. The summed E-state index contributed by atoms with van der Waals surface area (Å²) in [6.07, 6.45) is 0.436. The van der Waals surface area contributed by atoms with Gasteiger partial charge >= 0.3 is 0 Å². The van der Waals surface area contributed by atoms with Crippen LogP contribution in [0.5, 0.6) is 0 Å². The van der Waals surface area contributed by atoms with E-state index in [-0.39, 0.29) is 5.60 Å². The predicted molar refractivity (Wildman–Crippen MR) is 79.6 cm³/mol. The molecular formula is C18H19NO. The van der Waals surface area contributed by atoms with Crippen molar-refractivity contribution in [3.63, 3.8) is 0 Å². The van der Waals surface area contributed by atoms with Gasteiger partial charge in [0.1, 0.15) is 5.60 Å². The average molecular weight is 265 g/mol. The van der Waals surface area contributed by atoms with E-state index in [1.807, 2.05) is 0 Å². The first-order valence-electron chi connectivity index (χ1n) is 7.30. The molecule has 2 aliphatic heterocycles. The Morgan fingerprint density at radius 1 is 0.950 bits per heavy atom. The molecule has 2 heterocycles.